The van der Waals surface area contributed by atoms with Gasteiger partial charge in [0.1, 0.15) is 0 Å². The Bertz CT molecular complexity index is 583. The van der Waals surface area contributed by atoms with Gasteiger partial charge in [0, 0.05) is 11.6 Å². The molecule has 0 atom stereocenters. The summed E-state index contributed by atoms with van der Waals surface area (Å²) in [7, 11) is -4.67. The van der Waals surface area contributed by atoms with E-state index in [1.807, 2.05) is 0 Å². The second-order valence-corrected chi connectivity index (χ2v) is 8.71. The summed E-state index contributed by atoms with van der Waals surface area (Å²) < 4.78 is 31.6. The predicted octanol–water partition coefficient (Wildman–Crippen LogP) is 5.43. The molecule has 0 amide bonds. The standard InChI is InChI=1S/C22H40O4.Na.H2O4S.H/c1-2-3-4-5-6-7-8-9-10-11-12-13-14-15-16-17-18-20(22(25)26)19-21(23)24;;1-5(2,3)4;/h19H,2-18H2,1H3,(H,23,24)(H,25,26);;(H2,1,2,3,4);/b20-19+;;;. The monoisotopic (exact) mass is 490 g/mol. The third-order valence-corrected chi connectivity index (χ3v) is 4.87. The first kappa shape index (κ1) is 36.1. The Balaban J connectivity index is -0.00000125. The van der Waals surface area contributed by atoms with Gasteiger partial charge in [0.2, 0.25) is 0 Å². The van der Waals surface area contributed by atoms with E-state index in [0.717, 1.165) is 25.3 Å². The molecule has 4 N–H and O–H groups in total. The van der Waals surface area contributed by atoms with Crippen LogP contribution in [0.4, 0.5) is 0 Å². The van der Waals surface area contributed by atoms with Crippen molar-refractivity contribution >= 4 is 51.9 Å². The van der Waals surface area contributed by atoms with Crippen LogP contribution in [0.5, 0.6) is 0 Å². The number of rotatable bonds is 19. The molecule has 0 saturated carbocycles. The molecule has 0 aliphatic rings. The molecule has 0 spiro atoms. The Hall–Kier alpha value is -0.450. The molecule has 32 heavy (non-hydrogen) atoms. The second kappa shape index (κ2) is 25.2. The van der Waals surface area contributed by atoms with Crippen LogP contribution in [-0.2, 0) is 20.0 Å². The molecule has 0 fully saturated rings. The molecule has 0 bridgehead atoms. The van der Waals surface area contributed by atoms with E-state index in [9.17, 15) is 9.59 Å². The fraction of sp³-hybridized carbons (Fsp3) is 0.818. The van der Waals surface area contributed by atoms with Crippen molar-refractivity contribution in [1.29, 1.82) is 0 Å². The van der Waals surface area contributed by atoms with Gasteiger partial charge in [0.15, 0.2) is 0 Å². The van der Waals surface area contributed by atoms with Crippen molar-refractivity contribution in [2.45, 2.75) is 116 Å². The third-order valence-electron chi connectivity index (χ3n) is 4.87. The van der Waals surface area contributed by atoms with Gasteiger partial charge in [-0.15, -0.1) is 0 Å². The first-order valence-electron chi connectivity index (χ1n) is 11.4. The van der Waals surface area contributed by atoms with Crippen molar-refractivity contribution in [3.8, 4) is 0 Å². The van der Waals surface area contributed by atoms with E-state index in [1.165, 1.54) is 83.5 Å². The molecule has 0 aliphatic heterocycles. The van der Waals surface area contributed by atoms with E-state index >= 15 is 0 Å². The van der Waals surface area contributed by atoms with Gasteiger partial charge in [0.05, 0.1) is 0 Å². The van der Waals surface area contributed by atoms with E-state index in [-0.39, 0.29) is 35.1 Å². The summed E-state index contributed by atoms with van der Waals surface area (Å²) in [5.74, 6) is -2.30. The van der Waals surface area contributed by atoms with Crippen molar-refractivity contribution in [3.05, 3.63) is 11.6 Å². The van der Waals surface area contributed by atoms with Gasteiger partial charge in [-0.05, 0) is 12.8 Å². The maximum atomic E-state index is 10.9. The maximum absolute atomic E-state index is 10.9. The summed E-state index contributed by atoms with van der Waals surface area (Å²) in [4.78, 5) is 21.4. The topological polar surface area (TPSA) is 149 Å². The van der Waals surface area contributed by atoms with E-state index < -0.39 is 22.3 Å². The minimum atomic E-state index is -4.67. The molecule has 10 heteroatoms. The number of aliphatic carboxylic acids is 2. The van der Waals surface area contributed by atoms with Crippen LogP contribution in [0.15, 0.2) is 11.6 Å². The number of carboxylic acid groups (broad SMARTS) is 2. The number of carboxylic acids is 2. The minimum absolute atomic E-state index is 0. The number of unbranched alkanes of at least 4 members (excludes halogenated alkanes) is 15. The van der Waals surface area contributed by atoms with Crippen LogP contribution in [0, 0.1) is 0 Å². The van der Waals surface area contributed by atoms with Crippen molar-refractivity contribution in [2.75, 3.05) is 0 Å². The van der Waals surface area contributed by atoms with E-state index in [1.54, 1.807) is 0 Å². The molecule has 8 nitrogen and oxygen atoms in total. The van der Waals surface area contributed by atoms with Crippen LogP contribution in [0.3, 0.4) is 0 Å². The van der Waals surface area contributed by atoms with E-state index in [0.29, 0.717) is 6.42 Å². The van der Waals surface area contributed by atoms with Crippen molar-refractivity contribution in [3.63, 3.8) is 0 Å². The van der Waals surface area contributed by atoms with Gasteiger partial charge in [-0.25, -0.2) is 9.59 Å². The average Bonchev–Trinajstić information content (AvgIpc) is 2.65. The van der Waals surface area contributed by atoms with Gasteiger partial charge in [-0.3, -0.25) is 9.11 Å². The molecule has 0 saturated heterocycles. The first-order valence-corrected chi connectivity index (χ1v) is 12.8. The van der Waals surface area contributed by atoms with Gasteiger partial charge in [-0.1, -0.05) is 103 Å². The predicted molar refractivity (Wildman–Crippen MR) is 129 cm³/mol. The zero-order valence-electron chi connectivity index (χ0n) is 18.9. The molecule has 0 aromatic rings. The molecule has 0 heterocycles. The summed E-state index contributed by atoms with van der Waals surface area (Å²) in [5, 5.41) is 17.5. The number of carbonyl (C=O) groups is 2. The first-order chi connectivity index (χ1) is 14.6. The Morgan fingerprint density at radius 1 is 0.656 bits per heavy atom. The summed E-state index contributed by atoms with van der Waals surface area (Å²) >= 11 is 0. The zero-order chi connectivity index (χ0) is 24.0. The molecule has 0 aromatic heterocycles. The van der Waals surface area contributed by atoms with Crippen LogP contribution in [-0.4, -0.2) is 69.2 Å². The summed E-state index contributed by atoms with van der Waals surface area (Å²) in [6.45, 7) is 2.26. The van der Waals surface area contributed by atoms with Crippen molar-refractivity contribution in [2.24, 2.45) is 0 Å². The molecular formula is C22H43NaO8S. The molecule has 0 unspecified atom stereocenters. The quantitative estimate of drug-likeness (QED) is 0.0810. The van der Waals surface area contributed by atoms with E-state index in [4.69, 9.17) is 27.7 Å². The molecule has 0 rings (SSSR count). The van der Waals surface area contributed by atoms with Crippen LogP contribution in [0.2, 0.25) is 0 Å². The van der Waals surface area contributed by atoms with Gasteiger partial charge in [0.25, 0.3) is 0 Å². The SMILES string of the molecule is CCCCCCCCCCCCCCCCCC/C(=C\C(=O)O)C(=O)O.O=S(=O)(O)O.[NaH]. The third kappa shape index (κ3) is 36.9. The molecule has 0 aromatic carbocycles. The van der Waals surface area contributed by atoms with Crippen LogP contribution in [0.1, 0.15) is 116 Å². The molecule has 0 aliphatic carbocycles. The van der Waals surface area contributed by atoms with Crippen LogP contribution < -0.4 is 0 Å². The van der Waals surface area contributed by atoms with Gasteiger partial charge in [-0.2, -0.15) is 8.42 Å². The molecule has 0 radical (unpaired) electrons. The zero-order valence-corrected chi connectivity index (χ0v) is 19.7. The Kier molecular flexibility index (Phi) is 28.4. The Labute approximate surface area is 216 Å². The van der Waals surface area contributed by atoms with Crippen molar-refractivity contribution < 1.29 is 37.3 Å². The Morgan fingerprint density at radius 2 is 0.938 bits per heavy atom. The summed E-state index contributed by atoms with van der Waals surface area (Å²) in [6, 6.07) is 0. The molecular weight excluding hydrogens is 447 g/mol. The normalized spacial score (nSPS) is 11.3. The fourth-order valence-corrected chi connectivity index (χ4v) is 3.25. The van der Waals surface area contributed by atoms with Gasteiger partial charge < -0.3 is 10.2 Å². The van der Waals surface area contributed by atoms with Crippen molar-refractivity contribution in [1.82, 2.24) is 0 Å². The summed E-state index contributed by atoms with van der Waals surface area (Å²) in [5.41, 5.74) is 0.00265. The van der Waals surface area contributed by atoms with Gasteiger partial charge >= 0.3 is 51.9 Å². The summed E-state index contributed by atoms with van der Waals surface area (Å²) in [6.07, 6.45) is 21.6. The Morgan fingerprint density at radius 3 is 1.19 bits per heavy atom. The fourth-order valence-electron chi connectivity index (χ4n) is 3.25. The average molecular weight is 491 g/mol. The van der Waals surface area contributed by atoms with E-state index in [2.05, 4.69) is 6.92 Å². The number of hydrogen-bond acceptors (Lipinski definition) is 4. The number of hydrogen-bond donors (Lipinski definition) is 4. The van der Waals surface area contributed by atoms with Crippen LogP contribution in [0.25, 0.3) is 0 Å². The molecule has 186 valence electrons. The van der Waals surface area contributed by atoms with Crippen LogP contribution >= 0.6 is 0 Å². The second-order valence-electron chi connectivity index (χ2n) is 7.81.